The first-order chi connectivity index (χ1) is 9.52. The second-order valence-electron chi connectivity index (χ2n) is 6.29. The van der Waals surface area contributed by atoms with Gasteiger partial charge in [0, 0.05) is 18.6 Å². The van der Waals surface area contributed by atoms with Gasteiger partial charge in [-0.1, -0.05) is 26.0 Å². The highest BCUT2D eigenvalue weighted by Crippen LogP contribution is 2.33. The summed E-state index contributed by atoms with van der Waals surface area (Å²) in [6.07, 6.45) is 3.94. The third kappa shape index (κ3) is 3.32. The van der Waals surface area contributed by atoms with Crippen LogP contribution in [0.5, 0.6) is 0 Å². The van der Waals surface area contributed by atoms with E-state index in [4.69, 9.17) is 5.73 Å². The van der Waals surface area contributed by atoms with Crippen LogP contribution in [0.3, 0.4) is 0 Å². The topological polar surface area (TPSA) is 29.3 Å². The molecule has 1 heterocycles. The smallest absolute Gasteiger partial charge is 0.146 e. The number of halogens is 1. The van der Waals surface area contributed by atoms with Crippen LogP contribution in [0.15, 0.2) is 18.2 Å². The molecule has 0 aliphatic carbocycles. The molecule has 20 heavy (non-hydrogen) atoms. The van der Waals surface area contributed by atoms with Crippen molar-refractivity contribution in [3.63, 3.8) is 0 Å². The van der Waals surface area contributed by atoms with Gasteiger partial charge in [-0.25, -0.2) is 4.39 Å². The molecule has 1 aliphatic heterocycles. The van der Waals surface area contributed by atoms with Gasteiger partial charge in [-0.15, -0.1) is 0 Å². The normalized spacial score (nSPS) is 24.8. The van der Waals surface area contributed by atoms with Gasteiger partial charge in [0.25, 0.3) is 0 Å². The summed E-state index contributed by atoms with van der Waals surface area (Å²) in [5.74, 6) is 0.626. The number of piperidine rings is 1. The van der Waals surface area contributed by atoms with Gasteiger partial charge in [0.15, 0.2) is 0 Å². The Morgan fingerprint density at radius 2 is 2.15 bits per heavy atom. The zero-order valence-corrected chi connectivity index (χ0v) is 12.9. The van der Waals surface area contributed by atoms with E-state index in [0.29, 0.717) is 6.04 Å². The monoisotopic (exact) mass is 278 g/mol. The fourth-order valence-corrected chi connectivity index (χ4v) is 3.21. The van der Waals surface area contributed by atoms with Gasteiger partial charge in [0.05, 0.1) is 5.69 Å². The Kier molecular flexibility index (Phi) is 5.03. The molecule has 1 aliphatic rings. The minimum absolute atomic E-state index is 0.104. The molecule has 112 valence electrons. The van der Waals surface area contributed by atoms with Crippen molar-refractivity contribution in [3.05, 3.63) is 29.6 Å². The lowest BCUT2D eigenvalue weighted by Gasteiger charge is -2.39. The van der Waals surface area contributed by atoms with E-state index in [1.807, 2.05) is 6.07 Å². The molecule has 3 heteroatoms. The molecule has 1 saturated heterocycles. The quantitative estimate of drug-likeness (QED) is 0.909. The van der Waals surface area contributed by atoms with Gasteiger partial charge in [-0.2, -0.15) is 0 Å². The zero-order valence-electron chi connectivity index (χ0n) is 12.9. The van der Waals surface area contributed by atoms with Crippen molar-refractivity contribution >= 4 is 5.69 Å². The molecule has 1 aromatic carbocycles. The summed E-state index contributed by atoms with van der Waals surface area (Å²) in [6.45, 7) is 7.50. The maximum Gasteiger partial charge on any atom is 0.146 e. The summed E-state index contributed by atoms with van der Waals surface area (Å²) in [7, 11) is 0. The standard InChI is InChI=1S/C17H27FN2/c1-4-15(19)11-14-6-5-7-16(18)17(14)20-9-8-12(2)10-13(20)3/h5-7,12-13,15H,4,8-11,19H2,1-3H3. The minimum atomic E-state index is -0.104. The van der Waals surface area contributed by atoms with Crippen molar-refractivity contribution in [2.24, 2.45) is 11.7 Å². The van der Waals surface area contributed by atoms with Gasteiger partial charge in [-0.05, 0) is 50.2 Å². The lowest BCUT2D eigenvalue weighted by Crippen LogP contribution is -2.41. The number of hydrogen-bond acceptors (Lipinski definition) is 2. The molecule has 2 nitrogen and oxygen atoms in total. The molecular formula is C17H27FN2. The average molecular weight is 278 g/mol. The van der Waals surface area contributed by atoms with E-state index in [-0.39, 0.29) is 11.9 Å². The van der Waals surface area contributed by atoms with Crippen molar-refractivity contribution in [2.45, 2.75) is 58.5 Å². The Hall–Kier alpha value is -1.09. The third-order valence-corrected chi connectivity index (χ3v) is 4.50. The van der Waals surface area contributed by atoms with Crippen molar-refractivity contribution in [1.82, 2.24) is 0 Å². The molecule has 3 unspecified atom stereocenters. The highest BCUT2D eigenvalue weighted by molar-refractivity contribution is 5.56. The van der Waals surface area contributed by atoms with Gasteiger partial charge < -0.3 is 10.6 Å². The van der Waals surface area contributed by atoms with Gasteiger partial charge in [0.2, 0.25) is 0 Å². The van der Waals surface area contributed by atoms with Crippen molar-refractivity contribution in [3.8, 4) is 0 Å². The molecule has 0 radical (unpaired) electrons. The number of hydrogen-bond donors (Lipinski definition) is 1. The predicted molar refractivity (Wildman–Crippen MR) is 83.6 cm³/mol. The molecule has 0 bridgehead atoms. The Labute approximate surface area is 122 Å². The van der Waals surface area contributed by atoms with E-state index < -0.39 is 0 Å². The summed E-state index contributed by atoms with van der Waals surface area (Å²) in [5.41, 5.74) is 7.91. The summed E-state index contributed by atoms with van der Waals surface area (Å²) >= 11 is 0. The minimum Gasteiger partial charge on any atom is -0.366 e. The average Bonchev–Trinajstić information content (AvgIpc) is 2.40. The number of nitrogens with two attached hydrogens (primary N) is 1. The number of anilines is 1. The van der Waals surface area contributed by atoms with Crippen LogP contribution in [0.25, 0.3) is 0 Å². The van der Waals surface area contributed by atoms with Crippen LogP contribution >= 0.6 is 0 Å². The number of para-hydroxylation sites is 1. The predicted octanol–water partition coefficient (Wildman–Crippen LogP) is 3.73. The second kappa shape index (κ2) is 6.57. The molecule has 2 N–H and O–H groups in total. The molecule has 0 saturated carbocycles. The van der Waals surface area contributed by atoms with Crippen LogP contribution in [-0.2, 0) is 6.42 Å². The van der Waals surface area contributed by atoms with Gasteiger partial charge >= 0.3 is 0 Å². The maximum absolute atomic E-state index is 14.4. The lowest BCUT2D eigenvalue weighted by atomic mass is 9.91. The Morgan fingerprint density at radius 3 is 2.80 bits per heavy atom. The second-order valence-corrected chi connectivity index (χ2v) is 6.29. The first-order valence-electron chi connectivity index (χ1n) is 7.82. The van der Waals surface area contributed by atoms with E-state index in [2.05, 4.69) is 25.7 Å². The first-order valence-corrected chi connectivity index (χ1v) is 7.82. The molecule has 0 spiro atoms. The molecule has 1 fully saturated rings. The van der Waals surface area contributed by atoms with Crippen LogP contribution in [-0.4, -0.2) is 18.6 Å². The largest absolute Gasteiger partial charge is 0.366 e. The van der Waals surface area contributed by atoms with E-state index in [0.717, 1.165) is 49.4 Å². The zero-order chi connectivity index (χ0) is 14.7. The van der Waals surface area contributed by atoms with Crippen LogP contribution in [0.1, 0.15) is 45.6 Å². The highest BCUT2D eigenvalue weighted by Gasteiger charge is 2.26. The molecule has 3 atom stereocenters. The highest BCUT2D eigenvalue weighted by atomic mass is 19.1. The van der Waals surface area contributed by atoms with Crippen LogP contribution in [0.4, 0.5) is 10.1 Å². The summed E-state index contributed by atoms with van der Waals surface area (Å²) in [6, 6.07) is 5.90. The Balaban J connectivity index is 2.29. The summed E-state index contributed by atoms with van der Waals surface area (Å²) in [4.78, 5) is 2.24. The van der Waals surface area contributed by atoms with E-state index in [9.17, 15) is 4.39 Å². The first kappa shape index (κ1) is 15.3. The number of rotatable bonds is 4. The molecule has 2 rings (SSSR count). The van der Waals surface area contributed by atoms with Crippen molar-refractivity contribution in [2.75, 3.05) is 11.4 Å². The molecule has 0 amide bonds. The van der Waals surface area contributed by atoms with Crippen LogP contribution in [0.2, 0.25) is 0 Å². The SMILES string of the molecule is CCC(N)Cc1cccc(F)c1N1CCC(C)CC1C. The Bertz CT molecular complexity index is 447. The van der Waals surface area contributed by atoms with Crippen LogP contribution in [0, 0.1) is 11.7 Å². The van der Waals surface area contributed by atoms with E-state index in [1.54, 1.807) is 12.1 Å². The van der Waals surface area contributed by atoms with Crippen molar-refractivity contribution in [1.29, 1.82) is 0 Å². The maximum atomic E-state index is 14.4. The summed E-state index contributed by atoms with van der Waals surface area (Å²) < 4.78 is 14.4. The molecule has 1 aromatic rings. The molecular weight excluding hydrogens is 251 g/mol. The fourth-order valence-electron chi connectivity index (χ4n) is 3.21. The molecule has 0 aromatic heterocycles. The lowest BCUT2D eigenvalue weighted by molar-refractivity contribution is 0.374. The third-order valence-electron chi connectivity index (χ3n) is 4.50. The number of nitrogens with zero attached hydrogens (tertiary/aromatic N) is 1. The van der Waals surface area contributed by atoms with Gasteiger partial charge in [-0.3, -0.25) is 0 Å². The Morgan fingerprint density at radius 1 is 1.40 bits per heavy atom. The summed E-state index contributed by atoms with van der Waals surface area (Å²) in [5, 5.41) is 0. The van der Waals surface area contributed by atoms with E-state index in [1.165, 1.54) is 0 Å². The van der Waals surface area contributed by atoms with Gasteiger partial charge in [0.1, 0.15) is 5.82 Å². The fraction of sp³-hybridized carbons (Fsp3) is 0.647. The van der Waals surface area contributed by atoms with E-state index >= 15 is 0 Å². The van der Waals surface area contributed by atoms with Crippen LogP contribution < -0.4 is 10.6 Å². The van der Waals surface area contributed by atoms with Crippen molar-refractivity contribution < 1.29 is 4.39 Å². The number of benzene rings is 1.